The fourth-order valence-corrected chi connectivity index (χ4v) is 4.86. The molecular weight excluding hydrogens is 686 g/mol. The van der Waals surface area contributed by atoms with Crippen LogP contribution in [0.5, 0.6) is 11.5 Å². The van der Waals surface area contributed by atoms with Crippen LogP contribution < -0.4 is 79.0 Å². The van der Waals surface area contributed by atoms with Crippen molar-refractivity contribution in [3.8, 4) is 11.5 Å². The molecule has 0 aliphatic carbocycles. The van der Waals surface area contributed by atoms with E-state index in [1.165, 1.54) is 56.7 Å². The van der Waals surface area contributed by atoms with Crippen LogP contribution in [-0.2, 0) is 20.2 Å². The summed E-state index contributed by atoms with van der Waals surface area (Å²) in [6.07, 6.45) is 0. The number of aryl methyl sites for hydroxylation is 2. The summed E-state index contributed by atoms with van der Waals surface area (Å²) in [5.41, 5.74) is 3.21. The van der Waals surface area contributed by atoms with Crippen molar-refractivity contribution in [2.45, 2.75) is 23.6 Å². The van der Waals surface area contributed by atoms with Gasteiger partial charge in [-0.3, -0.25) is 4.55 Å². The van der Waals surface area contributed by atoms with Gasteiger partial charge in [-0.1, -0.05) is 0 Å². The van der Waals surface area contributed by atoms with Gasteiger partial charge in [0, 0.05) is 12.1 Å². The van der Waals surface area contributed by atoms with E-state index in [4.69, 9.17) is 14.0 Å². The first-order valence-corrected chi connectivity index (χ1v) is 15.9. The first-order valence-electron chi connectivity index (χ1n) is 13.0. The van der Waals surface area contributed by atoms with Gasteiger partial charge in [-0.25, -0.2) is 13.4 Å². The van der Waals surface area contributed by atoms with Gasteiger partial charge in [0.15, 0.2) is 0 Å². The van der Waals surface area contributed by atoms with Gasteiger partial charge < -0.3 is 24.4 Å². The molecule has 0 atom stereocenters. The third kappa shape index (κ3) is 10.9. The summed E-state index contributed by atoms with van der Waals surface area (Å²) in [4.78, 5) is 3.46. The van der Waals surface area contributed by atoms with E-state index in [1.54, 1.807) is 32.0 Å². The number of benzene rings is 4. The smallest absolute Gasteiger partial charge is 0.846 e. The number of hydrogen-bond donors (Lipinski definition) is 2. The molecule has 4 aromatic carbocycles. The molecule has 0 aliphatic rings. The molecule has 0 saturated heterocycles. The average molecular weight is 713 g/mol. The van der Waals surface area contributed by atoms with E-state index in [2.05, 4.69) is 30.8 Å². The SMILES string of the molecule is COc1cc(N=Nc2ccc(S(=O)(=O)O)cc2)c(C)cc1N=C([O-])Nc1cc(C)c(N=Nc2ccc(S(=O)(=O)[O-])cc2)cc1OC.[Na+].[Na+]. The first kappa shape index (κ1) is 40.9. The van der Waals surface area contributed by atoms with Crippen LogP contribution in [0, 0.1) is 13.8 Å². The number of hydrogen-bond acceptors (Lipinski definition) is 13. The number of azo groups is 2. The Morgan fingerprint density at radius 2 is 1.15 bits per heavy atom. The predicted molar refractivity (Wildman–Crippen MR) is 165 cm³/mol. The minimum absolute atomic E-state index is 0. The van der Waals surface area contributed by atoms with Crippen molar-refractivity contribution in [1.29, 1.82) is 0 Å². The van der Waals surface area contributed by atoms with Crippen LogP contribution in [0.2, 0.25) is 0 Å². The van der Waals surface area contributed by atoms with Crippen LogP contribution in [0.3, 0.4) is 0 Å². The quantitative estimate of drug-likeness (QED) is 0.0722. The molecule has 0 unspecified atom stereocenters. The molecule has 0 fully saturated rings. The number of methoxy groups -OCH3 is 2. The zero-order valence-electron chi connectivity index (χ0n) is 26.7. The van der Waals surface area contributed by atoms with Gasteiger partial charge in [0.2, 0.25) is 0 Å². The van der Waals surface area contributed by atoms with E-state index in [0.717, 1.165) is 12.1 Å². The van der Waals surface area contributed by atoms with E-state index in [1.807, 2.05) is 0 Å². The average Bonchev–Trinajstić information content (AvgIpc) is 3.00. The molecule has 0 radical (unpaired) electrons. The van der Waals surface area contributed by atoms with Crippen LogP contribution in [-0.4, -0.2) is 46.2 Å². The summed E-state index contributed by atoms with van der Waals surface area (Å²) in [6, 6.07) is 15.7. The summed E-state index contributed by atoms with van der Waals surface area (Å²) in [7, 11) is -6.10. The number of nitrogens with one attached hydrogen (secondary N) is 1. The summed E-state index contributed by atoms with van der Waals surface area (Å²) in [5, 5.41) is 32.1. The standard InChI is InChI=1S/C29H28N6O9S2.2Na/c1-17-13-25(27(43-3)15-23(17)34-32-19-5-9-21(10-6-19)45(37,38)39)30-29(36)31-26-14-18(2)24(16-28(26)44-4)35-33-20-7-11-22(12-8-20)46(40,41)42;;/h5-16H,1-4H3,(H2,30,31,36)(H,37,38,39)(H,40,41,42);;/q;2*+1/p-2. The van der Waals surface area contributed by atoms with Crippen molar-refractivity contribution in [2.75, 3.05) is 19.5 Å². The normalized spacial score (nSPS) is 12.0. The van der Waals surface area contributed by atoms with E-state index < -0.39 is 26.3 Å². The second kappa shape index (κ2) is 17.4. The Morgan fingerprint density at radius 3 is 1.60 bits per heavy atom. The van der Waals surface area contributed by atoms with Crippen molar-refractivity contribution >= 4 is 60.4 Å². The largest absolute Gasteiger partial charge is 1.00 e. The summed E-state index contributed by atoms with van der Waals surface area (Å²) >= 11 is 0. The molecule has 2 N–H and O–H groups in total. The zero-order valence-corrected chi connectivity index (χ0v) is 32.3. The Bertz CT molecular complexity index is 2080. The van der Waals surface area contributed by atoms with Crippen LogP contribution >= 0.6 is 0 Å². The molecule has 0 saturated carbocycles. The maximum Gasteiger partial charge on any atom is 1.00 e. The molecule has 0 heterocycles. The maximum absolute atomic E-state index is 12.9. The van der Waals surface area contributed by atoms with Crippen LogP contribution in [0.15, 0.2) is 108 Å². The Hall–Kier alpha value is -3.23. The van der Waals surface area contributed by atoms with Crippen molar-refractivity contribution in [1.82, 2.24) is 0 Å². The number of amidine groups is 1. The monoisotopic (exact) mass is 712 g/mol. The number of aliphatic imine (C=N–C) groups is 1. The topological polar surface area (TPSA) is 227 Å². The predicted octanol–water partition coefficient (Wildman–Crippen LogP) is -0.230. The molecule has 15 nitrogen and oxygen atoms in total. The van der Waals surface area contributed by atoms with E-state index in [-0.39, 0.29) is 86.1 Å². The Kier molecular flexibility index (Phi) is 14.9. The van der Waals surface area contributed by atoms with Gasteiger partial charge in [0.05, 0.1) is 58.5 Å². The van der Waals surface area contributed by atoms with Gasteiger partial charge in [0.25, 0.3) is 10.1 Å². The molecular formula is C29H26N6Na2O9S2. The van der Waals surface area contributed by atoms with Crippen molar-refractivity contribution in [3.05, 3.63) is 83.9 Å². The van der Waals surface area contributed by atoms with Crippen LogP contribution in [0.25, 0.3) is 0 Å². The first-order chi connectivity index (χ1) is 21.7. The molecule has 0 spiro atoms. The number of anilines is 1. The summed E-state index contributed by atoms with van der Waals surface area (Å²) in [6.45, 7) is 3.46. The second-order valence-corrected chi connectivity index (χ2v) is 12.3. The molecule has 0 aromatic heterocycles. The maximum atomic E-state index is 12.9. The number of rotatable bonds is 10. The Balaban J connectivity index is 0.00000400. The molecule has 48 heavy (non-hydrogen) atoms. The molecule has 4 aromatic rings. The van der Waals surface area contributed by atoms with Gasteiger partial charge in [-0.2, -0.15) is 28.9 Å². The minimum atomic E-state index is -4.58. The fraction of sp³-hybridized carbons (Fsp3) is 0.138. The Morgan fingerprint density at radius 1 is 0.688 bits per heavy atom. The van der Waals surface area contributed by atoms with Crippen molar-refractivity contribution in [2.24, 2.45) is 25.4 Å². The molecule has 0 bridgehead atoms. The van der Waals surface area contributed by atoms with Crippen LogP contribution in [0.1, 0.15) is 11.1 Å². The zero-order chi connectivity index (χ0) is 33.6. The molecule has 0 amide bonds. The van der Waals surface area contributed by atoms with E-state index >= 15 is 0 Å². The van der Waals surface area contributed by atoms with Gasteiger partial charge >= 0.3 is 59.1 Å². The molecule has 240 valence electrons. The van der Waals surface area contributed by atoms with E-state index in [0.29, 0.717) is 39.6 Å². The van der Waals surface area contributed by atoms with Gasteiger partial charge in [-0.15, -0.1) is 0 Å². The summed E-state index contributed by atoms with van der Waals surface area (Å²) < 4.78 is 75.7. The second-order valence-electron chi connectivity index (χ2n) is 9.51. The Labute approximate surface area is 321 Å². The molecule has 0 aliphatic heterocycles. The third-order valence-corrected chi connectivity index (χ3v) is 8.00. The molecule has 19 heteroatoms. The number of ether oxygens (including phenoxy) is 2. The van der Waals surface area contributed by atoms with Crippen LogP contribution in [0.4, 0.5) is 34.1 Å². The summed E-state index contributed by atoms with van der Waals surface area (Å²) in [5.74, 6) is 0.496. The van der Waals surface area contributed by atoms with Crippen molar-refractivity contribution in [3.63, 3.8) is 0 Å². The van der Waals surface area contributed by atoms with Gasteiger partial charge in [-0.05, 0) is 85.6 Å². The number of nitrogens with zero attached hydrogens (tertiary/aromatic N) is 5. The fourth-order valence-electron chi connectivity index (χ4n) is 3.91. The van der Waals surface area contributed by atoms with Crippen molar-refractivity contribution < 1.29 is 99.6 Å². The minimum Gasteiger partial charge on any atom is -0.846 e. The third-order valence-electron chi connectivity index (χ3n) is 6.29. The van der Waals surface area contributed by atoms with Gasteiger partial charge in [0.1, 0.15) is 27.3 Å². The van der Waals surface area contributed by atoms with E-state index in [9.17, 15) is 26.5 Å². The molecule has 4 rings (SSSR count).